The summed E-state index contributed by atoms with van der Waals surface area (Å²) in [5.74, 6) is 1.20. The van der Waals surface area contributed by atoms with Crippen LogP contribution in [0.4, 0.5) is 10.3 Å². The van der Waals surface area contributed by atoms with Crippen LogP contribution < -0.4 is 14.8 Å². The molecule has 1 aliphatic carbocycles. The topological polar surface area (TPSA) is 87.5 Å². The highest BCUT2D eigenvalue weighted by molar-refractivity contribution is 7.98. The number of carbonyl (C=O) groups excluding carboxylic acids is 1. The molecule has 234 valence electrons. The lowest BCUT2D eigenvalue weighted by Crippen LogP contribution is -2.32. The second-order valence-electron chi connectivity index (χ2n) is 11.1. The molecule has 6 rings (SSSR count). The molecular formula is C34H34ClFN4O4S. The molecule has 2 aliphatic rings. The molecule has 2 heterocycles. The molecule has 1 N–H and O–H groups in total. The minimum Gasteiger partial charge on any atom is -0.493 e. The van der Waals surface area contributed by atoms with E-state index in [1.54, 1.807) is 28.9 Å². The monoisotopic (exact) mass is 648 g/mol. The number of aromatic nitrogens is 3. The number of hydrogen-bond acceptors (Lipinski definition) is 8. The van der Waals surface area contributed by atoms with E-state index >= 15 is 0 Å². The summed E-state index contributed by atoms with van der Waals surface area (Å²) < 4.78 is 33.8. The number of hydrogen-bond donors (Lipinski definition) is 1. The standard InChI is InChI=1S/C34H34ClFN4O4S/c1-21-30(32(41)44-24-12-7-4-8-13-24)31(40-33(37-21)38-34(39-40)45-20-22-10-5-3-6-11-22)23-16-17-28(29(18-23)42-2)43-19-25-26(35)14-9-15-27(25)36/h3,5-6,9-11,14-18,24,31H,4,7-8,12-13,19-20H2,1-2H3,(H,37,38,39). The molecule has 3 aromatic carbocycles. The number of nitrogens with one attached hydrogen (secondary N) is 1. The number of rotatable bonds is 10. The van der Waals surface area contributed by atoms with Crippen molar-refractivity contribution >= 4 is 35.3 Å². The molecule has 45 heavy (non-hydrogen) atoms. The highest BCUT2D eigenvalue weighted by atomic mass is 35.5. The summed E-state index contributed by atoms with van der Waals surface area (Å²) in [6, 6.07) is 19.4. The van der Waals surface area contributed by atoms with Crippen LogP contribution in [0.5, 0.6) is 11.5 Å². The van der Waals surface area contributed by atoms with Gasteiger partial charge in [0.15, 0.2) is 11.5 Å². The second-order valence-corrected chi connectivity index (χ2v) is 12.4. The maximum Gasteiger partial charge on any atom is 0.338 e. The van der Waals surface area contributed by atoms with Crippen LogP contribution in [0.15, 0.2) is 83.2 Å². The van der Waals surface area contributed by atoms with Crippen LogP contribution in [0.25, 0.3) is 0 Å². The van der Waals surface area contributed by atoms with E-state index in [9.17, 15) is 9.18 Å². The molecule has 0 bridgehead atoms. The smallest absolute Gasteiger partial charge is 0.338 e. The van der Waals surface area contributed by atoms with Crippen molar-refractivity contribution in [2.45, 2.75) is 68.7 Å². The van der Waals surface area contributed by atoms with E-state index in [0.717, 1.165) is 43.2 Å². The number of ether oxygens (including phenoxy) is 3. The Morgan fingerprint density at radius 3 is 2.62 bits per heavy atom. The van der Waals surface area contributed by atoms with Gasteiger partial charge in [0.25, 0.3) is 0 Å². The predicted octanol–water partition coefficient (Wildman–Crippen LogP) is 8.12. The fourth-order valence-corrected chi connectivity index (χ4v) is 6.68. The molecule has 11 heteroatoms. The summed E-state index contributed by atoms with van der Waals surface area (Å²) in [5.41, 5.74) is 3.23. The number of esters is 1. The Balaban J connectivity index is 1.32. The number of benzene rings is 3. The SMILES string of the molecule is COc1cc(C2C(C(=O)OC3CCCCC3)=C(C)Nc3nc(SCc4ccccc4)nn32)ccc1OCc1c(F)cccc1Cl. The maximum absolute atomic E-state index is 14.4. The lowest BCUT2D eigenvalue weighted by molar-refractivity contribution is -0.146. The van der Waals surface area contributed by atoms with Gasteiger partial charge in [-0.3, -0.25) is 0 Å². The van der Waals surface area contributed by atoms with Gasteiger partial charge in [0, 0.05) is 17.0 Å². The van der Waals surface area contributed by atoms with Gasteiger partial charge in [0.2, 0.25) is 11.1 Å². The molecule has 1 aromatic heterocycles. The van der Waals surface area contributed by atoms with Crippen LogP contribution in [0.2, 0.25) is 5.02 Å². The van der Waals surface area contributed by atoms with Crippen molar-refractivity contribution < 1.29 is 23.4 Å². The lowest BCUT2D eigenvalue weighted by atomic mass is 9.94. The molecule has 1 aliphatic heterocycles. The molecule has 0 spiro atoms. The summed E-state index contributed by atoms with van der Waals surface area (Å²) in [4.78, 5) is 18.6. The van der Waals surface area contributed by atoms with Crippen LogP contribution in [-0.2, 0) is 21.9 Å². The molecule has 0 amide bonds. The molecule has 1 saturated carbocycles. The van der Waals surface area contributed by atoms with Gasteiger partial charge in [-0.25, -0.2) is 13.9 Å². The first-order valence-corrected chi connectivity index (χ1v) is 16.3. The molecule has 8 nitrogen and oxygen atoms in total. The van der Waals surface area contributed by atoms with E-state index in [1.165, 1.54) is 24.9 Å². The number of fused-ring (bicyclic) bond motifs is 1. The Hall–Kier alpha value is -4.02. The molecule has 4 aromatic rings. The number of carbonyl (C=O) groups is 1. The molecule has 1 atom stereocenters. The fourth-order valence-electron chi connectivity index (χ4n) is 5.68. The van der Waals surface area contributed by atoms with E-state index in [0.29, 0.717) is 39.6 Å². The summed E-state index contributed by atoms with van der Waals surface area (Å²) in [6.45, 7) is 1.77. The molecule has 1 unspecified atom stereocenters. The average molecular weight is 649 g/mol. The quantitative estimate of drug-likeness (QED) is 0.136. The molecule has 0 radical (unpaired) electrons. The number of allylic oxidation sites excluding steroid dienone is 1. The van der Waals surface area contributed by atoms with Crippen molar-refractivity contribution in [3.63, 3.8) is 0 Å². The van der Waals surface area contributed by atoms with Crippen LogP contribution in [0.1, 0.15) is 61.8 Å². The van der Waals surface area contributed by atoms with Crippen molar-refractivity contribution in [3.05, 3.63) is 106 Å². The Bertz CT molecular complexity index is 1690. The van der Waals surface area contributed by atoms with E-state index in [-0.39, 0.29) is 29.3 Å². The number of methoxy groups -OCH3 is 1. The zero-order valence-corrected chi connectivity index (χ0v) is 26.7. The zero-order chi connectivity index (χ0) is 31.3. The van der Waals surface area contributed by atoms with Crippen molar-refractivity contribution in [1.29, 1.82) is 0 Å². The molecule has 1 fully saturated rings. The van der Waals surface area contributed by atoms with E-state index in [4.69, 9.17) is 35.9 Å². The van der Waals surface area contributed by atoms with Crippen LogP contribution in [0.3, 0.4) is 0 Å². The summed E-state index contributed by atoms with van der Waals surface area (Å²) in [7, 11) is 1.53. The largest absolute Gasteiger partial charge is 0.493 e. The van der Waals surface area contributed by atoms with Gasteiger partial charge in [-0.2, -0.15) is 4.98 Å². The maximum atomic E-state index is 14.4. The van der Waals surface area contributed by atoms with Gasteiger partial charge in [-0.1, -0.05) is 72.2 Å². The highest BCUT2D eigenvalue weighted by Gasteiger charge is 2.37. The van der Waals surface area contributed by atoms with Gasteiger partial charge < -0.3 is 19.5 Å². The third-order valence-electron chi connectivity index (χ3n) is 8.03. The summed E-state index contributed by atoms with van der Waals surface area (Å²) in [5, 5.41) is 8.99. The first-order valence-electron chi connectivity index (χ1n) is 15.0. The number of nitrogens with zero attached hydrogens (tertiary/aromatic N) is 3. The summed E-state index contributed by atoms with van der Waals surface area (Å²) >= 11 is 7.73. The van der Waals surface area contributed by atoms with Gasteiger partial charge in [-0.05, 0) is 68.0 Å². The van der Waals surface area contributed by atoms with E-state index in [2.05, 4.69) is 17.4 Å². The second kappa shape index (κ2) is 14.0. The van der Waals surface area contributed by atoms with Crippen molar-refractivity contribution in [3.8, 4) is 11.5 Å². The minimum atomic E-state index is -0.639. The van der Waals surface area contributed by atoms with Crippen molar-refractivity contribution in [2.24, 2.45) is 0 Å². The Morgan fingerprint density at radius 2 is 1.87 bits per heavy atom. The van der Waals surface area contributed by atoms with Gasteiger partial charge >= 0.3 is 5.97 Å². The average Bonchev–Trinajstić information content (AvgIpc) is 3.46. The Labute approximate surface area is 270 Å². The summed E-state index contributed by atoms with van der Waals surface area (Å²) in [6.07, 6.45) is 4.85. The highest BCUT2D eigenvalue weighted by Crippen LogP contribution is 2.41. The lowest BCUT2D eigenvalue weighted by Gasteiger charge is -2.30. The van der Waals surface area contributed by atoms with Gasteiger partial charge in [0.1, 0.15) is 24.6 Å². The Morgan fingerprint density at radius 1 is 1.07 bits per heavy atom. The van der Waals surface area contributed by atoms with Crippen molar-refractivity contribution in [1.82, 2.24) is 14.8 Å². The normalized spacial score (nSPS) is 16.6. The van der Waals surface area contributed by atoms with E-state index < -0.39 is 11.9 Å². The van der Waals surface area contributed by atoms with Crippen LogP contribution in [0, 0.1) is 5.82 Å². The van der Waals surface area contributed by atoms with Crippen LogP contribution >= 0.6 is 23.4 Å². The predicted molar refractivity (Wildman–Crippen MR) is 172 cm³/mol. The number of anilines is 1. The first-order chi connectivity index (χ1) is 21.9. The van der Waals surface area contributed by atoms with Gasteiger partial charge in [-0.15, -0.1) is 5.10 Å². The third-order valence-corrected chi connectivity index (χ3v) is 9.29. The van der Waals surface area contributed by atoms with Gasteiger partial charge in [0.05, 0.1) is 17.7 Å². The van der Waals surface area contributed by atoms with E-state index in [1.807, 2.05) is 31.2 Å². The number of halogens is 2. The molecular weight excluding hydrogens is 615 g/mol. The van der Waals surface area contributed by atoms with Crippen molar-refractivity contribution in [2.75, 3.05) is 12.4 Å². The molecule has 0 saturated heterocycles. The van der Waals surface area contributed by atoms with Crippen LogP contribution in [-0.4, -0.2) is 33.9 Å². The number of thioether (sulfide) groups is 1. The third kappa shape index (κ3) is 6.97. The first kappa shape index (κ1) is 31.0. The fraction of sp³-hybridized carbons (Fsp3) is 0.324. The Kier molecular flexibility index (Phi) is 9.61. The minimum absolute atomic E-state index is 0.0816. The zero-order valence-electron chi connectivity index (χ0n) is 25.1.